The summed E-state index contributed by atoms with van der Waals surface area (Å²) in [7, 11) is 0. The number of amides is 1. The van der Waals surface area contributed by atoms with Gasteiger partial charge in [-0.2, -0.15) is 0 Å². The van der Waals surface area contributed by atoms with Gasteiger partial charge in [0.25, 0.3) is 11.6 Å². The molecule has 7 heteroatoms. The largest absolute Gasteiger partial charge is 0.398 e. The molecule has 1 aliphatic carbocycles. The van der Waals surface area contributed by atoms with Crippen molar-refractivity contribution < 1.29 is 14.8 Å². The number of anilines is 1. The number of nitrogen functional groups attached to an aromatic ring is 1. The lowest BCUT2D eigenvalue weighted by Crippen LogP contribution is -2.45. The van der Waals surface area contributed by atoms with Crippen LogP contribution in [0.4, 0.5) is 11.4 Å². The summed E-state index contributed by atoms with van der Waals surface area (Å²) >= 11 is 0. The summed E-state index contributed by atoms with van der Waals surface area (Å²) in [5, 5.41) is 23.8. The first-order valence-corrected chi connectivity index (χ1v) is 7.34. The van der Waals surface area contributed by atoms with Gasteiger partial charge in [-0.05, 0) is 18.9 Å². The summed E-state index contributed by atoms with van der Waals surface area (Å²) in [6, 6.07) is 4.15. The highest BCUT2D eigenvalue weighted by molar-refractivity contribution is 6.03. The molecule has 1 aliphatic rings. The fourth-order valence-corrected chi connectivity index (χ4v) is 2.92. The van der Waals surface area contributed by atoms with Crippen molar-refractivity contribution in [3.63, 3.8) is 0 Å². The van der Waals surface area contributed by atoms with E-state index in [9.17, 15) is 20.0 Å². The van der Waals surface area contributed by atoms with E-state index < -0.39 is 22.3 Å². The topological polar surface area (TPSA) is 118 Å². The lowest BCUT2D eigenvalue weighted by Gasteiger charge is -2.38. The van der Waals surface area contributed by atoms with Crippen LogP contribution in [0.15, 0.2) is 18.2 Å². The van der Waals surface area contributed by atoms with Crippen molar-refractivity contribution >= 4 is 17.3 Å². The van der Waals surface area contributed by atoms with E-state index in [2.05, 4.69) is 5.32 Å². The Bertz CT molecular complexity index is 590. The van der Waals surface area contributed by atoms with Crippen LogP contribution in [0, 0.1) is 15.5 Å². The number of carbonyl (C=O) groups excluding carboxylic acids is 1. The number of rotatable bonds is 4. The molecule has 4 N–H and O–H groups in total. The molecule has 2 atom stereocenters. The highest BCUT2D eigenvalue weighted by Crippen LogP contribution is 2.35. The van der Waals surface area contributed by atoms with E-state index in [1.807, 2.05) is 6.92 Å². The maximum absolute atomic E-state index is 12.3. The number of aliphatic hydroxyl groups is 1. The molecular formula is C15H21N3O4. The number of carbonyl (C=O) groups is 1. The van der Waals surface area contributed by atoms with Crippen LogP contribution in [0.25, 0.3) is 0 Å². The first kappa shape index (κ1) is 16.2. The number of benzene rings is 1. The van der Waals surface area contributed by atoms with Gasteiger partial charge in [-0.3, -0.25) is 14.9 Å². The summed E-state index contributed by atoms with van der Waals surface area (Å²) in [5.41, 5.74) is 4.94. The minimum absolute atomic E-state index is 0.0704. The molecule has 0 radical (unpaired) electrons. The lowest BCUT2D eigenvalue weighted by atomic mass is 9.73. The number of nitrogens with one attached hydrogen (secondary N) is 1. The van der Waals surface area contributed by atoms with Crippen LogP contribution in [-0.2, 0) is 0 Å². The fraction of sp³-hybridized carbons (Fsp3) is 0.533. The predicted molar refractivity (Wildman–Crippen MR) is 82.4 cm³/mol. The van der Waals surface area contributed by atoms with Crippen LogP contribution >= 0.6 is 0 Å². The summed E-state index contributed by atoms with van der Waals surface area (Å²) in [4.78, 5) is 22.7. The molecule has 2 unspecified atom stereocenters. The van der Waals surface area contributed by atoms with E-state index in [1.165, 1.54) is 18.2 Å². The molecule has 1 aromatic carbocycles. The molecule has 0 spiro atoms. The zero-order valence-electron chi connectivity index (χ0n) is 12.5. The number of hydrogen-bond donors (Lipinski definition) is 3. The lowest BCUT2D eigenvalue weighted by molar-refractivity contribution is -0.385. The zero-order valence-corrected chi connectivity index (χ0v) is 12.5. The molecule has 1 amide bonds. The van der Waals surface area contributed by atoms with Gasteiger partial charge >= 0.3 is 0 Å². The fourth-order valence-electron chi connectivity index (χ4n) is 2.92. The van der Waals surface area contributed by atoms with Crippen molar-refractivity contribution in [3.05, 3.63) is 33.9 Å². The molecule has 0 bridgehead atoms. The third kappa shape index (κ3) is 3.19. The molecule has 1 fully saturated rings. The maximum atomic E-state index is 12.3. The highest BCUT2D eigenvalue weighted by atomic mass is 16.6. The van der Waals surface area contributed by atoms with Gasteiger partial charge in [-0.15, -0.1) is 0 Å². The smallest absolute Gasteiger partial charge is 0.284 e. The molecular weight excluding hydrogens is 286 g/mol. The van der Waals surface area contributed by atoms with Gasteiger partial charge in [-0.25, -0.2) is 0 Å². The van der Waals surface area contributed by atoms with E-state index >= 15 is 0 Å². The predicted octanol–water partition coefficient (Wildman–Crippen LogP) is 1.85. The summed E-state index contributed by atoms with van der Waals surface area (Å²) in [6.07, 6.45) is 3.00. The van der Waals surface area contributed by atoms with Gasteiger partial charge in [0, 0.05) is 18.0 Å². The van der Waals surface area contributed by atoms with Crippen molar-refractivity contribution in [2.24, 2.45) is 5.41 Å². The van der Waals surface area contributed by atoms with Gasteiger partial charge in [-0.1, -0.05) is 25.8 Å². The van der Waals surface area contributed by atoms with Gasteiger partial charge in [0.2, 0.25) is 0 Å². The maximum Gasteiger partial charge on any atom is 0.284 e. The Kier molecular flexibility index (Phi) is 4.65. The molecule has 2 rings (SSSR count). The minimum atomic E-state index is -0.623. The molecule has 0 saturated heterocycles. The van der Waals surface area contributed by atoms with Crippen molar-refractivity contribution in [1.82, 2.24) is 5.32 Å². The number of nitrogens with two attached hydrogens (primary N) is 1. The molecule has 120 valence electrons. The second kappa shape index (κ2) is 6.31. The minimum Gasteiger partial charge on any atom is -0.398 e. The first-order chi connectivity index (χ1) is 10.3. The molecule has 22 heavy (non-hydrogen) atoms. The molecule has 1 aromatic rings. The first-order valence-electron chi connectivity index (χ1n) is 7.34. The third-order valence-corrected chi connectivity index (χ3v) is 4.43. The Morgan fingerprint density at radius 2 is 2.27 bits per heavy atom. The van der Waals surface area contributed by atoms with Crippen LogP contribution in [0.5, 0.6) is 0 Å². The van der Waals surface area contributed by atoms with Gasteiger partial charge < -0.3 is 16.2 Å². The number of hydrogen-bond acceptors (Lipinski definition) is 5. The standard InChI is InChI=1S/C15H21N3O4/c1-15(8-3-2-7-12(15)19)9-17-14(20)13-10(16)5-4-6-11(13)18(21)22/h4-6,12,19H,2-3,7-9,16H2,1H3,(H,17,20). The number of nitro benzene ring substituents is 1. The molecule has 0 aromatic heterocycles. The summed E-state index contributed by atoms with van der Waals surface area (Å²) in [6.45, 7) is 2.18. The van der Waals surface area contributed by atoms with Crippen molar-refractivity contribution in [1.29, 1.82) is 0 Å². The molecule has 0 aliphatic heterocycles. The van der Waals surface area contributed by atoms with Crippen molar-refractivity contribution in [2.45, 2.75) is 38.7 Å². The Hall–Kier alpha value is -2.15. The SMILES string of the molecule is CC1(CNC(=O)c2c(N)cccc2[N+](=O)[O-])CCCCC1O. The van der Waals surface area contributed by atoms with Crippen LogP contribution in [-0.4, -0.2) is 28.6 Å². The van der Waals surface area contributed by atoms with Crippen LogP contribution in [0.2, 0.25) is 0 Å². The Labute approximate surface area is 128 Å². The average Bonchev–Trinajstić information content (AvgIpc) is 2.48. The Morgan fingerprint density at radius 3 is 2.91 bits per heavy atom. The molecule has 0 heterocycles. The quantitative estimate of drug-likeness (QED) is 0.445. The Morgan fingerprint density at radius 1 is 1.55 bits per heavy atom. The number of aliphatic hydroxyl groups excluding tert-OH is 1. The van der Waals surface area contributed by atoms with Crippen LogP contribution < -0.4 is 11.1 Å². The molecule has 7 nitrogen and oxygen atoms in total. The van der Waals surface area contributed by atoms with Gasteiger partial charge in [0.15, 0.2) is 0 Å². The van der Waals surface area contributed by atoms with Gasteiger partial charge in [0.05, 0.1) is 16.7 Å². The monoisotopic (exact) mass is 307 g/mol. The second-order valence-corrected chi connectivity index (χ2v) is 6.10. The molecule has 1 saturated carbocycles. The van der Waals surface area contributed by atoms with E-state index in [1.54, 1.807) is 0 Å². The summed E-state index contributed by atoms with van der Waals surface area (Å²) < 4.78 is 0. The second-order valence-electron chi connectivity index (χ2n) is 6.10. The average molecular weight is 307 g/mol. The Balaban J connectivity index is 2.15. The van der Waals surface area contributed by atoms with Crippen molar-refractivity contribution in [3.8, 4) is 0 Å². The van der Waals surface area contributed by atoms with E-state index in [0.717, 1.165) is 19.3 Å². The zero-order chi connectivity index (χ0) is 16.3. The third-order valence-electron chi connectivity index (χ3n) is 4.43. The normalized spacial score (nSPS) is 24.7. The van der Waals surface area contributed by atoms with Crippen LogP contribution in [0.3, 0.4) is 0 Å². The van der Waals surface area contributed by atoms with E-state index in [0.29, 0.717) is 6.42 Å². The van der Waals surface area contributed by atoms with E-state index in [4.69, 9.17) is 5.73 Å². The highest BCUT2D eigenvalue weighted by Gasteiger charge is 2.36. The number of nitrogens with zero attached hydrogens (tertiary/aromatic N) is 1. The summed E-state index contributed by atoms with van der Waals surface area (Å²) in [5.74, 6) is -0.580. The van der Waals surface area contributed by atoms with Crippen molar-refractivity contribution in [2.75, 3.05) is 12.3 Å². The van der Waals surface area contributed by atoms with Crippen LogP contribution in [0.1, 0.15) is 43.0 Å². The van der Waals surface area contributed by atoms with E-state index in [-0.39, 0.29) is 23.5 Å². The number of nitro groups is 1. The van der Waals surface area contributed by atoms with Gasteiger partial charge in [0.1, 0.15) is 5.56 Å².